The molecule has 0 spiro atoms. The number of aryl methyl sites for hydroxylation is 2. The first kappa shape index (κ1) is 13.7. The Hall–Kier alpha value is -1.72. The van der Waals surface area contributed by atoms with E-state index in [0.717, 1.165) is 41.6 Å². The zero-order valence-electron chi connectivity index (χ0n) is 11.7. The van der Waals surface area contributed by atoms with Crippen molar-refractivity contribution in [3.8, 4) is 11.4 Å². The monoisotopic (exact) mass is 260 g/mol. The van der Waals surface area contributed by atoms with Gasteiger partial charge in [-0.15, -0.1) is 0 Å². The van der Waals surface area contributed by atoms with E-state index in [1.807, 2.05) is 32.2 Å². The summed E-state index contributed by atoms with van der Waals surface area (Å²) in [6, 6.07) is 4.07. The predicted molar refractivity (Wildman–Crippen MR) is 74.9 cm³/mol. The van der Waals surface area contributed by atoms with Crippen LogP contribution in [0.1, 0.15) is 17.1 Å². The van der Waals surface area contributed by atoms with Gasteiger partial charge in [-0.05, 0) is 26.0 Å². The van der Waals surface area contributed by atoms with Crippen LogP contribution in [0, 0.1) is 13.8 Å². The van der Waals surface area contributed by atoms with E-state index in [0.29, 0.717) is 6.61 Å². The highest BCUT2D eigenvalue weighted by molar-refractivity contribution is 5.56. The second-order valence-electron chi connectivity index (χ2n) is 4.57. The lowest BCUT2D eigenvalue weighted by molar-refractivity contribution is 0.199. The Morgan fingerprint density at radius 1 is 1.26 bits per heavy atom. The van der Waals surface area contributed by atoms with E-state index in [9.17, 15) is 0 Å². The van der Waals surface area contributed by atoms with Crippen LogP contribution in [0.3, 0.4) is 0 Å². The number of ether oxygens (including phenoxy) is 1. The van der Waals surface area contributed by atoms with Crippen LogP contribution >= 0.6 is 0 Å². The molecule has 2 aromatic rings. The second kappa shape index (κ2) is 6.45. The normalized spacial score (nSPS) is 10.9. The minimum absolute atomic E-state index is 0.712. The number of hydrogen-bond donors (Lipinski definition) is 2. The number of hydrogen-bond acceptors (Lipinski definition) is 4. The Balaban J connectivity index is 2.03. The quantitative estimate of drug-likeness (QED) is 0.778. The molecule has 0 amide bonds. The maximum absolute atomic E-state index is 4.99. The van der Waals surface area contributed by atoms with Gasteiger partial charge in [0.2, 0.25) is 0 Å². The van der Waals surface area contributed by atoms with Gasteiger partial charge in [0.25, 0.3) is 0 Å². The van der Waals surface area contributed by atoms with Crippen LogP contribution in [0.2, 0.25) is 0 Å². The fourth-order valence-corrected chi connectivity index (χ4v) is 1.96. The van der Waals surface area contributed by atoms with Crippen molar-refractivity contribution in [1.29, 1.82) is 0 Å². The number of imidazole rings is 1. The van der Waals surface area contributed by atoms with Crippen LogP contribution in [0.25, 0.3) is 11.4 Å². The average Bonchev–Trinajstić information content (AvgIpc) is 2.82. The van der Waals surface area contributed by atoms with E-state index in [1.165, 1.54) is 0 Å². The van der Waals surface area contributed by atoms with Gasteiger partial charge >= 0.3 is 0 Å². The minimum Gasteiger partial charge on any atom is -0.383 e. The molecule has 0 aliphatic rings. The third-order valence-electron chi connectivity index (χ3n) is 2.78. The van der Waals surface area contributed by atoms with Gasteiger partial charge in [0.05, 0.1) is 6.61 Å². The fraction of sp³-hybridized carbons (Fsp3) is 0.429. The molecule has 5 heteroatoms. The molecule has 5 nitrogen and oxygen atoms in total. The first-order valence-electron chi connectivity index (χ1n) is 6.38. The molecule has 0 fully saturated rings. The molecule has 2 heterocycles. The average molecular weight is 260 g/mol. The van der Waals surface area contributed by atoms with Crippen molar-refractivity contribution >= 4 is 0 Å². The molecule has 0 saturated carbocycles. The van der Waals surface area contributed by atoms with E-state index in [4.69, 9.17) is 4.74 Å². The molecular weight excluding hydrogens is 240 g/mol. The summed E-state index contributed by atoms with van der Waals surface area (Å²) in [5.74, 6) is 0.886. The zero-order valence-corrected chi connectivity index (χ0v) is 11.7. The Morgan fingerprint density at radius 3 is 2.68 bits per heavy atom. The Labute approximate surface area is 113 Å². The minimum atomic E-state index is 0.712. The molecule has 0 aliphatic carbocycles. The van der Waals surface area contributed by atoms with Crippen molar-refractivity contribution in [2.75, 3.05) is 20.3 Å². The third-order valence-corrected chi connectivity index (χ3v) is 2.78. The van der Waals surface area contributed by atoms with Gasteiger partial charge in [0.15, 0.2) is 0 Å². The van der Waals surface area contributed by atoms with Crippen LogP contribution < -0.4 is 5.32 Å². The van der Waals surface area contributed by atoms with E-state index in [2.05, 4.69) is 20.3 Å². The van der Waals surface area contributed by atoms with Gasteiger partial charge in [0, 0.05) is 49.0 Å². The largest absolute Gasteiger partial charge is 0.383 e. The summed E-state index contributed by atoms with van der Waals surface area (Å²) in [7, 11) is 1.70. The van der Waals surface area contributed by atoms with Gasteiger partial charge in [-0.2, -0.15) is 0 Å². The lowest BCUT2D eigenvalue weighted by Crippen LogP contribution is -2.18. The molecule has 2 N–H and O–H groups in total. The third kappa shape index (κ3) is 3.87. The highest BCUT2D eigenvalue weighted by atomic mass is 16.5. The number of nitrogens with zero attached hydrogens (tertiary/aromatic N) is 2. The van der Waals surface area contributed by atoms with E-state index in [-0.39, 0.29) is 0 Å². The Kier molecular flexibility index (Phi) is 4.65. The summed E-state index contributed by atoms with van der Waals surface area (Å²) >= 11 is 0. The van der Waals surface area contributed by atoms with Crippen molar-refractivity contribution in [2.24, 2.45) is 0 Å². The lowest BCUT2D eigenvalue weighted by atomic mass is 10.2. The molecule has 0 radical (unpaired) electrons. The number of H-pyrrole nitrogens is 1. The topological polar surface area (TPSA) is 62.8 Å². The first-order chi connectivity index (χ1) is 9.19. The number of aromatic amines is 1. The van der Waals surface area contributed by atoms with Crippen LogP contribution in [0.4, 0.5) is 0 Å². The number of aromatic nitrogens is 3. The van der Waals surface area contributed by atoms with Crippen molar-refractivity contribution in [3.05, 3.63) is 35.4 Å². The van der Waals surface area contributed by atoms with E-state index in [1.54, 1.807) is 7.11 Å². The predicted octanol–water partition coefficient (Wildman–Crippen LogP) is 1.82. The SMILES string of the molecule is COCCNCc1cnc(-c2cc(C)nc(C)c2)[nH]1. The molecule has 2 aromatic heterocycles. The molecular formula is C14H20N4O. The second-order valence-corrected chi connectivity index (χ2v) is 4.57. The summed E-state index contributed by atoms with van der Waals surface area (Å²) in [6.45, 7) is 6.29. The maximum atomic E-state index is 4.99. The number of rotatable bonds is 6. The van der Waals surface area contributed by atoms with Crippen molar-refractivity contribution in [1.82, 2.24) is 20.3 Å². The van der Waals surface area contributed by atoms with Gasteiger partial charge in [-0.3, -0.25) is 4.98 Å². The fourth-order valence-electron chi connectivity index (χ4n) is 1.96. The molecule has 0 aliphatic heterocycles. The molecule has 0 atom stereocenters. The highest BCUT2D eigenvalue weighted by Gasteiger charge is 2.05. The van der Waals surface area contributed by atoms with Crippen LogP contribution in [-0.4, -0.2) is 35.2 Å². The van der Waals surface area contributed by atoms with E-state index >= 15 is 0 Å². The van der Waals surface area contributed by atoms with Gasteiger partial charge in [0.1, 0.15) is 5.82 Å². The van der Waals surface area contributed by atoms with Crippen LogP contribution in [0.5, 0.6) is 0 Å². The maximum Gasteiger partial charge on any atom is 0.137 e. The van der Waals surface area contributed by atoms with Gasteiger partial charge in [-0.25, -0.2) is 4.98 Å². The molecule has 0 aromatic carbocycles. The van der Waals surface area contributed by atoms with Gasteiger partial charge in [-0.1, -0.05) is 0 Å². The molecule has 0 unspecified atom stereocenters. The van der Waals surface area contributed by atoms with Crippen molar-refractivity contribution < 1.29 is 4.74 Å². The smallest absolute Gasteiger partial charge is 0.137 e. The van der Waals surface area contributed by atoms with E-state index < -0.39 is 0 Å². The summed E-state index contributed by atoms with van der Waals surface area (Å²) in [6.07, 6.45) is 1.86. The Bertz CT molecular complexity index is 516. The number of nitrogens with one attached hydrogen (secondary N) is 2. The first-order valence-corrected chi connectivity index (χ1v) is 6.38. The van der Waals surface area contributed by atoms with Crippen LogP contribution in [0.15, 0.2) is 18.3 Å². The number of pyridine rings is 1. The molecule has 0 saturated heterocycles. The molecule has 2 rings (SSSR count). The summed E-state index contributed by atoms with van der Waals surface area (Å²) in [5.41, 5.74) is 4.16. The van der Waals surface area contributed by atoms with Crippen molar-refractivity contribution in [3.63, 3.8) is 0 Å². The van der Waals surface area contributed by atoms with Crippen LogP contribution in [-0.2, 0) is 11.3 Å². The lowest BCUT2D eigenvalue weighted by Gasteiger charge is -2.02. The molecule has 19 heavy (non-hydrogen) atoms. The summed E-state index contributed by atoms with van der Waals surface area (Å²) < 4.78 is 4.99. The zero-order chi connectivity index (χ0) is 13.7. The van der Waals surface area contributed by atoms with Gasteiger partial charge < -0.3 is 15.0 Å². The standard InChI is InChI=1S/C14H20N4O/c1-10-6-12(7-11(2)17-10)14-16-9-13(18-14)8-15-4-5-19-3/h6-7,9,15H,4-5,8H2,1-3H3,(H,16,18). The Morgan fingerprint density at radius 2 is 2.00 bits per heavy atom. The summed E-state index contributed by atoms with van der Waals surface area (Å²) in [4.78, 5) is 12.1. The number of methoxy groups -OCH3 is 1. The van der Waals surface area contributed by atoms with Crippen molar-refractivity contribution in [2.45, 2.75) is 20.4 Å². The highest BCUT2D eigenvalue weighted by Crippen LogP contribution is 2.17. The molecule has 102 valence electrons. The summed E-state index contributed by atoms with van der Waals surface area (Å²) in [5, 5.41) is 3.28. The molecule has 0 bridgehead atoms.